The first-order chi connectivity index (χ1) is 8.92. The number of aliphatic hydroxyl groups is 2. The van der Waals surface area contributed by atoms with E-state index in [1.165, 1.54) is 19.3 Å². The molecule has 0 amide bonds. The number of hydrogen-bond donors (Lipinski definition) is 3. The van der Waals surface area contributed by atoms with E-state index >= 15 is 0 Å². The quantitative estimate of drug-likeness (QED) is 0.630. The molecule has 0 radical (unpaired) electrons. The van der Waals surface area contributed by atoms with Gasteiger partial charge in [0.25, 0.3) is 0 Å². The molecule has 4 heteroatoms. The molecule has 0 aromatic rings. The van der Waals surface area contributed by atoms with E-state index < -0.39 is 11.7 Å². The Balaban J connectivity index is 2.16. The van der Waals surface area contributed by atoms with Gasteiger partial charge in [-0.3, -0.25) is 0 Å². The fraction of sp³-hybridized carbons (Fsp3) is 1.00. The second-order valence-electron chi connectivity index (χ2n) is 6.42. The van der Waals surface area contributed by atoms with E-state index in [-0.39, 0.29) is 0 Å². The van der Waals surface area contributed by atoms with Crippen molar-refractivity contribution in [3.63, 3.8) is 0 Å². The normalized spacial score (nSPS) is 26.4. The zero-order valence-electron chi connectivity index (χ0n) is 12.7. The van der Waals surface area contributed by atoms with E-state index in [4.69, 9.17) is 4.74 Å². The average Bonchev–Trinajstić information content (AvgIpc) is 2.35. The summed E-state index contributed by atoms with van der Waals surface area (Å²) < 4.78 is 5.88. The van der Waals surface area contributed by atoms with Crippen LogP contribution < -0.4 is 5.32 Å². The SMILES string of the molecule is CCC1CCCCC1OCC(O)CNCC(C)(C)O. The van der Waals surface area contributed by atoms with Crippen LogP contribution in [0, 0.1) is 5.92 Å². The van der Waals surface area contributed by atoms with Gasteiger partial charge >= 0.3 is 0 Å². The lowest BCUT2D eigenvalue weighted by Gasteiger charge is -2.31. The molecule has 3 atom stereocenters. The molecular formula is C15H31NO3. The topological polar surface area (TPSA) is 61.7 Å². The molecule has 19 heavy (non-hydrogen) atoms. The van der Waals surface area contributed by atoms with Crippen LogP contribution in [-0.4, -0.2) is 47.7 Å². The highest BCUT2D eigenvalue weighted by Crippen LogP contribution is 2.29. The van der Waals surface area contributed by atoms with E-state index in [0.29, 0.717) is 31.7 Å². The third kappa shape index (κ3) is 7.25. The molecule has 114 valence electrons. The van der Waals surface area contributed by atoms with Crippen LogP contribution in [-0.2, 0) is 4.74 Å². The minimum absolute atomic E-state index is 0.322. The van der Waals surface area contributed by atoms with Gasteiger partial charge in [-0.05, 0) is 32.6 Å². The smallest absolute Gasteiger partial charge is 0.0897 e. The van der Waals surface area contributed by atoms with Gasteiger partial charge in [0.2, 0.25) is 0 Å². The van der Waals surface area contributed by atoms with Crippen LogP contribution >= 0.6 is 0 Å². The van der Waals surface area contributed by atoms with Crippen LogP contribution in [0.15, 0.2) is 0 Å². The first-order valence-electron chi connectivity index (χ1n) is 7.65. The molecule has 1 aliphatic carbocycles. The molecule has 1 aliphatic rings. The lowest BCUT2D eigenvalue weighted by atomic mass is 9.85. The second kappa shape index (κ2) is 8.20. The highest BCUT2D eigenvalue weighted by molar-refractivity contribution is 4.76. The van der Waals surface area contributed by atoms with Gasteiger partial charge in [0.15, 0.2) is 0 Å². The molecule has 1 saturated carbocycles. The summed E-state index contributed by atoms with van der Waals surface area (Å²) >= 11 is 0. The minimum Gasteiger partial charge on any atom is -0.389 e. The Morgan fingerprint density at radius 3 is 2.63 bits per heavy atom. The first kappa shape index (κ1) is 16.9. The fourth-order valence-electron chi connectivity index (χ4n) is 2.70. The molecule has 0 saturated heterocycles. The summed E-state index contributed by atoms with van der Waals surface area (Å²) in [5, 5.41) is 22.5. The highest BCUT2D eigenvalue weighted by atomic mass is 16.5. The van der Waals surface area contributed by atoms with Crippen LogP contribution in [0.3, 0.4) is 0 Å². The Bertz CT molecular complexity index is 240. The lowest BCUT2D eigenvalue weighted by molar-refractivity contribution is -0.0507. The fourth-order valence-corrected chi connectivity index (χ4v) is 2.70. The molecule has 1 fully saturated rings. The molecule has 4 nitrogen and oxygen atoms in total. The first-order valence-corrected chi connectivity index (χ1v) is 7.65. The van der Waals surface area contributed by atoms with Crippen LogP contribution in [0.2, 0.25) is 0 Å². The van der Waals surface area contributed by atoms with Crippen LogP contribution in [0.4, 0.5) is 0 Å². The van der Waals surface area contributed by atoms with Crippen molar-refractivity contribution in [3.8, 4) is 0 Å². The Kier molecular flexibility index (Phi) is 7.29. The van der Waals surface area contributed by atoms with Crippen molar-refractivity contribution in [1.82, 2.24) is 5.32 Å². The number of ether oxygens (including phenoxy) is 1. The van der Waals surface area contributed by atoms with Crippen molar-refractivity contribution in [3.05, 3.63) is 0 Å². The van der Waals surface area contributed by atoms with Gasteiger partial charge < -0.3 is 20.3 Å². The predicted octanol–water partition coefficient (Wildman–Crippen LogP) is 1.69. The van der Waals surface area contributed by atoms with E-state index in [9.17, 15) is 10.2 Å². The Morgan fingerprint density at radius 2 is 2.00 bits per heavy atom. The van der Waals surface area contributed by atoms with Crippen molar-refractivity contribution in [2.24, 2.45) is 5.92 Å². The molecule has 0 heterocycles. The van der Waals surface area contributed by atoms with Gasteiger partial charge in [-0.1, -0.05) is 26.2 Å². The van der Waals surface area contributed by atoms with E-state index in [0.717, 1.165) is 12.8 Å². The van der Waals surface area contributed by atoms with Gasteiger partial charge in [-0.25, -0.2) is 0 Å². The standard InChI is InChI=1S/C15H31NO3/c1-4-12-7-5-6-8-14(12)19-10-13(17)9-16-11-15(2,3)18/h12-14,16-18H,4-11H2,1-3H3. The van der Waals surface area contributed by atoms with Crippen molar-refractivity contribution < 1.29 is 14.9 Å². The monoisotopic (exact) mass is 273 g/mol. The maximum absolute atomic E-state index is 9.87. The van der Waals surface area contributed by atoms with Crippen molar-refractivity contribution in [1.29, 1.82) is 0 Å². The maximum Gasteiger partial charge on any atom is 0.0897 e. The van der Waals surface area contributed by atoms with Gasteiger partial charge in [-0.15, -0.1) is 0 Å². The van der Waals surface area contributed by atoms with Crippen molar-refractivity contribution >= 4 is 0 Å². The molecule has 0 bridgehead atoms. The number of nitrogens with one attached hydrogen (secondary N) is 1. The van der Waals surface area contributed by atoms with Gasteiger partial charge in [0.05, 0.1) is 24.4 Å². The van der Waals surface area contributed by atoms with Crippen LogP contribution in [0.1, 0.15) is 52.9 Å². The van der Waals surface area contributed by atoms with Gasteiger partial charge in [0.1, 0.15) is 0 Å². The van der Waals surface area contributed by atoms with Crippen molar-refractivity contribution in [2.75, 3.05) is 19.7 Å². The van der Waals surface area contributed by atoms with E-state index in [2.05, 4.69) is 12.2 Å². The Morgan fingerprint density at radius 1 is 1.32 bits per heavy atom. The van der Waals surface area contributed by atoms with Gasteiger partial charge in [-0.2, -0.15) is 0 Å². The molecule has 3 unspecified atom stereocenters. The number of hydrogen-bond acceptors (Lipinski definition) is 4. The molecule has 0 spiro atoms. The number of aliphatic hydroxyl groups excluding tert-OH is 1. The summed E-state index contributed by atoms with van der Waals surface area (Å²) in [5.41, 5.74) is -0.739. The summed E-state index contributed by atoms with van der Waals surface area (Å²) in [6, 6.07) is 0. The summed E-state index contributed by atoms with van der Waals surface area (Å²) in [7, 11) is 0. The largest absolute Gasteiger partial charge is 0.389 e. The van der Waals surface area contributed by atoms with Gasteiger partial charge in [0, 0.05) is 13.1 Å². The third-order valence-corrected chi connectivity index (χ3v) is 3.80. The predicted molar refractivity (Wildman–Crippen MR) is 77.2 cm³/mol. The summed E-state index contributed by atoms with van der Waals surface area (Å²) in [4.78, 5) is 0. The molecule has 0 aromatic carbocycles. The zero-order chi connectivity index (χ0) is 14.3. The highest BCUT2D eigenvalue weighted by Gasteiger charge is 2.24. The maximum atomic E-state index is 9.87. The number of rotatable bonds is 8. The van der Waals surface area contributed by atoms with Crippen LogP contribution in [0.5, 0.6) is 0 Å². The Labute approximate surface area is 117 Å². The summed E-state index contributed by atoms with van der Waals surface area (Å²) in [6.07, 6.45) is 5.93. The average molecular weight is 273 g/mol. The third-order valence-electron chi connectivity index (χ3n) is 3.80. The zero-order valence-corrected chi connectivity index (χ0v) is 12.7. The molecule has 3 N–H and O–H groups in total. The van der Waals surface area contributed by atoms with E-state index in [1.807, 2.05) is 0 Å². The molecule has 1 rings (SSSR count). The molecular weight excluding hydrogens is 242 g/mol. The van der Waals surface area contributed by atoms with E-state index in [1.54, 1.807) is 13.8 Å². The second-order valence-corrected chi connectivity index (χ2v) is 6.42. The Hall–Kier alpha value is -0.160. The lowest BCUT2D eigenvalue weighted by Crippen LogP contribution is -2.40. The van der Waals surface area contributed by atoms with Crippen LogP contribution in [0.25, 0.3) is 0 Å². The van der Waals surface area contributed by atoms with Crippen molar-refractivity contribution in [2.45, 2.75) is 70.7 Å². The minimum atomic E-state index is -0.739. The molecule has 0 aromatic heterocycles. The molecule has 0 aliphatic heterocycles. The summed E-state index contributed by atoms with van der Waals surface area (Å²) in [5.74, 6) is 0.658. The summed E-state index contributed by atoms with van der Waals surface area (Å²) in [6.45, 7) is 7.04.